The van der Waals surface area contributed by atoms with Crippen molar-refractivity contribution in [2.75, 3.05) is 19.0 Å². The molecular formula is C12H12NO2S-. The third-order valence-electron chi connectivity index (χ3n) is 2.52. The van der Waals surface area contributed by atoms with Gasteiger partial charge in [-0.05, 0) is 28.6 Å². The smallest absolute Gasteiger partial charge is 0.0441 e. The van der Waals surface area contributed by atoms with Crippen molar-refractivity contribution in [1.29, 1.82) is 0 Å². The minimum Gasteiger partial charge on any atom is -0.768 e. The van der Waals surface area contributed by atoms with Gasteiger partial charge >= 0.3 is 0 Å². The van der Waals surface area contributed by atoms with E-state index < -0.39 is 11.1 Å². The van der Waals surface area contributed by atoms with E-state index in [0.29, 0.717) is 4.90 Å². The topological polar surface area (TPSA) is 43.4 Å². The molecule has 2 rings (SSSR count). The Hall–Kier alpha value is -1.39. The molecule has 0 aliphatic carbocycles. The number of benzene rings is 2. The summed E-state index contributed by atoms with van der Waals surface area (Å²) in [7, 11) is 3.88. The molecule has 0 amide bonds. The lowest BCUT2D eigenvalue weighted by Gasteiger charge is -2.17. The van der Waals surface area contributed by atoms with Gasteiger partial charge in [0, 0.05) is 30.1 Å². The second-order valence-corrected chi connectivity index (χ2v) is 4.67. The molecule has 0 radical (unpaired) electrons. The van der Waals surface area contributed by atoms with E-state index in [1.165, 1.54) is 0 Å². The number of rotatable bonds is 2. The molecule has 0 heterocycles. The van der Waals surface area contributed by atoms with Crippen LogP contribution in [0.1, 0.15) is 0 Å². The van der Waals surface area contributed by atoms with Crippen LogP contribution in [-0.4, -0.2) is 22.9 Å². The van der Waals surface area contributed by atoms with Crippen LogP contribution in [0.4, 0.5) is 5.69 Å². The predicted octanol–water partition coefficient (Wildman–Crippen LogP) is 2.14. The Morgan fingerprint density at radius 3 is 2.31 bits per heavy atom. The lowest BCUT2D eigenvalue weighted by Crippen LogP contribution is -2.09. The van der Waals surface area contributed by atoms with Gasteiger partial charge < -0.3 is 9.45 Å². The predicted molar refractivity (Wildman–Crippen MR) is 65.5 cm³/mol. The summed E-state index contributed by atoms with van der Waals surface area (Å²) in [6, 6.07) is 11.0. The summed E-state index contributed by atoms with van der Waals surface area (Å²) in [6.07, 6.45) is 0. The van der Waals surface area contributed by atoms with Crippen LogP contribution in [0.5, 0.6) is 0 Å². The van der Waals surface area contributed by atoms with Crippen molar-refractivity contribution in [2.24, 2.45) is 0 Å². The fraction of sp³-hybridized carbons (Fsp3) is 0.167. The Kier molecular flexibility index (Phi) is 2.94. The van der Waals surface area contributed by atoms with E-state index in [1.807, 2.05) is 43.3 Å². The summed E-state index contributed by atoms with van der Waals surface area (Å²) in [5.74, 6) is 0. The first-order chi connectivity index (χ1) is 7.61. The highest BCUT2D eigenvalue weighted by Crippen LogP contribution is 2.28. The van der Waals surface area contributed by atoms with E-state index in [1.54, 1.807) is 12.1 Å². The number of hydrogen-bond donors (Lipinski definition) is 0. The standard InChI is InChI=1S/C12H13NO2S/c1-13(2)11-7-3-6-10-9(11)5-4-8-12(10)16(14)15/h3-8H,1-2H3,(H,14,15)/p-1. The Labute approximate surface area is 97.0 Å². The Bertz CT molecular complexity index is 552. The molecule has 0 saturated carbocycles. The molecule has 0 N–H and O–H groups in total. The first-order valence-corrected chi connectivity index (χ1v) is 5.97. The van der Waals surface area contributed by atoms with Crippen LogP contribution in [-0.2, 0) is 11.1 Å². The van der Waals surface area contributed by atoms with Crippen molar-refractivity contribution in [2.45, 2.75) is 4.90 Å². The molecule has 0 aliphatic heterocycles. The van der Waals surface area contributed by atoms with Gasteiger partial charge in [-0.1, -0.05) is 24.3 Å². The van der Waals surface area contributed by atoms with Crippen molar-refractivity contribution >= 4 is 27.5 Å². The summed E-state index contributed by atoms with van der Waals surface area (Å²) in [6.45, 7) is 0. The van der Waals surface area contributed by atoms with E-state index in [0.717, 1.165) is 16.5 Å². The minimum atomic E-state index is -2.19. The molecule has 1 unspecified atom stereocenters. The van der Waals surface area contributed by atoms with Crippen LogP contribution >= 0.6 is 0 Å². The molecule has 0 aliphatic rings. The van der Waals surface area contributed by atoms with Gasteiger partial charge in [0.15, 0.2) is 0 Å². The summed E-state index contributed by atoms with van der Waals surface area (Å²) >= 11 is -2.19. The van der Waals surface area contributed by atoms with Gasteiger partial charge in [0.05, 0.1) is 0 Å². The minimum absolute atomic E-state index is 0.348. The summed E-state index contributed by atoms with van der Waals surface area (Å²) < 4.78 is 22.2. The van der Waals surface area contributed by atoms with Crippen LogP contribution in [0.2, 0.25) is 0 Å². The van der Waals surface area contributed by atoms with Gasteiger partial charge in [-0.3, -0.25) is 4.21 Å². The first kappa shape index (κ1) is 11.1. The molecule has 84 valence electrons. The van der Waals surface area contributed by atoms with Crippen LogP contribution in [0, 0.1) is 0 Å². The molecule has 4 heteroatoms. The van der Waals surface area contributed by atoms with Crippen molar-refractivity contribution in [3.05, 3.63) is 36.4 Å². The fourth-order valence-corrected chi connectivity index (χ4v) is 2.35. The zero-order chi connectivity index (χ0) is 11.7. The first-order valence-electron chi connectivity index (χ1n) is 4.89. The highest BCUT2D eigenvalue weighted by Gasteiger charge is 2.05. The largest absolute Gasteiger partial charge is 0.768 e. The fourth-order valence-electron chi connectivity index (χ4n) is 1.80. The molecule has 2 aromatic carbocycles. The zero-order valence-electron chi connectivity index (χ0n) is 9.14. The SMILES string of the molecule is CN(C)c1cccc2c(S(=O)[O-])cccc12. The second kappa shape index (κ2) is 4.23. The molecule has 1 atom stereocenters. The number of nitrogens with zero attached hydrogens (tertiary/aromatic N) is 1. The third-order valence-corrected chi connectivity index (χ3v) is 3.24. The summed E-state index contributed by atoms with van der Waals surface area (Å²) in [5.41, 5.74) is 1.02. The Morgan fingerprint density at radius 2 is 1.69 bits per heavy atom. The van der Waals surface area contributed by atoms with Crippen LogP contribution in [0.15, 0.2) is 41.3 Å². The summed E-state index contributed by atoms with van der Waals surface area (Å²) in [4.78, 5) is 2.32. The van der Waals surface area contributed by atoms with Gasteiger partial charge in [-0.25, -0.2) is 0 Å². The molecule has 0 spiro atoms. The lowest BCUT2D eigenvalue weighted by molar-refractivity contribution is 0.538. The average molecular weight is 234 g/mol. The molecule has 16 heavy (non-hydrogen) atoms. The summed E-state index contributed by atoms with van der Waals surface area (Å²) in [5, 5.41) is 1.72. The highest BCUT2D eigenvalue weighted by atomic mass is 32.2. The monoisotopic (exact) mass is 234 g/mol. The van der Waals surface area contributed by atoms with E-state index >= 15 is 0 Å². The lowest BCUT2D eigenvalue weighted by atomic mass is 10.1. The van der Waals surface area contributed by atoms with Crippen molar-refractivity contribution < 1.29 is 8.76 Å². The maximum absolute atomic E-state index is 11.1. The zero-order valence-corrected chi connectivity index (χ0v) is 9.95. The van der Waals surface area contributed by atoms with Crippen LogP contribution in [0.25, 0.3) is 10.8 Å². The van der Waals surface area contributed by atoms with Crippen LogP contribution in [0.3, 0.4) is 0 Å². The second-order valence-electron chi connectivity index (χ2n) is 3.76. The molecule has 3 nitrogen and oxygen atoms in total. The van der Waals surface area contributed by atoms with E-state index in [4.69, 9.17) is 0 Å². The third kappa shape index (κ3) is 1.81. The quantitative estimate of drug-likeness (QED) is 0.748. The molecule has 2 aromatic rings. The molecule has 0 fully saturated rings. The van der Waals surface area contributed by atoms with Gasteiger partial charge in [-0.15, -0.1) is 0 Å². The number of anilines is 1. The van der Waals surface area contributed by atoms with Gasteiger partial charge in [-0.2, -0.15) is 0 Å². The average Bonchev–Trinajstić information content (AvgIpc) is 2.27. The normalized spacial score (nSPS) is 12.7. The maximum atomic E-state index is 11.1. The van der Waals surface area contributed by atoms with Crippen LogP contribution < -0.4 is 4.90 Å². The number of fused-ring (bicyclic) bond motifs is 1. The van der Waals surface area contributed by atoms with Crippen molar-refractivity contribution in [3.8, 4) is 0 Å². The van der Waals surface area contributed by atoms with Gasteiger partial charge in [0.1, 0.15) is 0 Å². The van der Waals surface area contributed by atoms with E-state index in [-0.39, 0.29) is 0 Å². The number of hydrogen-bond acceptors (Lipinski definition) is 3. The molecule has 0 aromatic heterocycles. The highest BCUT2D eigenvalue weighted by molar-refractivity contribution is 7.79. The Morgan fingerprint density at radius 1 is 1.06 bits per heavy atom. The van der Waals surface area contributed by atoms with Crippen molar-refractivity contribution in [3.63, 3.8) is 0 Å². The molecular weight excluding hydrogens is 222 g/mol. The Balaban J connectivity index is 2.81. The molecule has 0 saturated heterocycles. The maximum Gasteiger partial charge on any atom is 0.0441 e. The molecule has 0 bridgehead atoms. The van der Waals surface area contributed by atoms with Gasteiger partial charge in [0.25, 0.3) is 0 Å². The van der Waals surface area contributed by atoms with Crippen molar-refractivity contribution in [1.82, 2.24) is 0 Å². The van der Waals surface area contributed by atoms with E-state index in [2.05, 4.69) is 0 Å². The van der Waals surface area contributed by atoms with Gasteiger partial charge in [0.2, 0.25) is 0 Å². The van der Waals surface area contributed by atoms with E-state index in [9.17, 15) is 8.76 Å².